The fraction of sp³-hybridized carbons (Fsp3) is 0.235. The van der Waals surface area contributed by atoms with Crippen LogP contribution in [-0.2, 0) is 11.3 Å². The smallest absolute Gasteiger partial charge is 0.311 e. The lowest BCUT2D eigenvalue weighted by molar-refractivity contribution is -0.385. The number of nitro groups is 1. The number of hydrogen-bond donors (Lipinski definition) is 1. The van der Waals surface area contributed by atoms with Gasteiger partial charge < -0.3 is 10.1 Å². The van der Waals surface area contributed by atoms with Crippen molar-refractivity contribution < 1.29 is 18.8 Å². The van der Waals surface area contributed by atoms with Crippen LogP contribution in [0.5, 0.6) is 5.75 Å². The number of rotatable bonds is 6. The van der Waals surface area contributed by atoms with E-state index < -0.39 is 10.8 Å². The lowest BCUT2D eigenvalue weighted by Gasteiger charge is -2.09. The molecule has 0 aliphatic carbocycles. The highest BCUT2D eigenvalue weighted by Crippen LogP contribution is 2.27. The highest BCUT2D eigenvalue weighted by atomic mass is 19.1. The van der Waals surface area contributed by atoms with Gasteiger partial charge in [-0.1, -0.05) is 18.2 Å². The standard InChI is InChI=1S/C17H17FN2O4/c1-11-3-6-16(15(7-11)20(22)23)24-10-17(21)19-9-13-5-4-12(2)14(18)8-13/h3-8H,9-10H2,1-2H3,(H,19,21). The summed E-state index contributed by atoms with van der Waals surface area (Å²) >= 11 is 0. The molecule has 0 spiro atoms. The molecule has 2 aromatic carbocycles. The molecular weight excluding hydrogens is 315 g/mol. The van der Waals surface area contributed by atoms with Gasteiger partial charge in [0, 0.05) is 12.6 Å². The van der Waals surface area contributed by atoms with Gasteiger partial charge in [0.1, 0.15) is 5.82 Å². The third-order valence-corrected chi connectivity index (χ3v) is 3.40. The van der Waals surface area contributed by atoms with Gasteiger partial charge in [0.15, 0.2) is 12.4 Å². The van der Waals surface area contributed by atoms with E-state index in [9.17, 15) is 19.3 Å². The Labute approximate surface area is 138 Å². The molecule has 0 saturated heterocycles. The molecular formula is C17H17FN2O4. The zero-order valence-electron chi connectivity index (χ0n) is 13.3. The van der Waals surface area contributed by atoms with Crippen LogP contribution >= 0.6 is 0 Å². The summed E-state index contributed by atoms with van der Waals surface area (Å²) in [6.45, 7) is 3.16. The van der Waals surface area contributed by atoms with Crippen LogP contribution in [0.25, 0.3) is 0 Å². The zero-order chi connectivity index (χ0) is 17.7. The molecule has 0 aromatic heterocycles. The molecule has 0 fully saturated rings. The third kappa shape index (κ3) is 4.52. The molecule has 2 aromatic rings. The molecule has 0 bridgehead atoms. The van der Waals surface area contributed by atoms with Gasteiger partial charge in [0.05, 0.1) is 4.92 Å². The van der Waals surface area contributed by atoms with Crippen LogP contribution in [0.1, 0.15) is 16.7 Å². The topological polar surface area (TPSA) is 81.5 Å². The minimum atomic E-state index is -0.560. The number of nitrogens with one attached hydrogen (secondary N) is 1. The highest BCUT2D eigenvalue weighted by molar-refractivity contribution is 5.77. The molecule has 0 radical (unpaired) electrons. The maximum atomic E-state index is 13.4. The largest absolute Gasteiger partial charge is 0.477 e. The fourth-order valence-electron chi connectivity index (χ4n) is 2.03. The fourth-order valence-corrected chi connectivity index (χ4v) is 2.03. The van der Waals surface area contributed by atoms with E-state index in [1.54, 1.807) is 32.0 Å². The van der Waals surface area contributed by atoms with E-state index in [0.717, 1.165) is 5.56 Å². The molecule has 1 N–H and O–H groups in total. The Morgan fingerprint density at radius 2 is 2.00 bits per heavy atom. The first-order valence-corrected chi connectivity index (χ1v) is 7.26. The predicted octanol–water partition coefficient (Wildman–Crippen LogP) is 3.05. The Bertz CT molecular complexity index is 777. The minimum Gasteiger partial charge on any atom is -0.477 e. The molecule has 1 amide bonds. The second kappa shape index (κ2) is 7.54. The molecule has 6 nitrogen and oxygen atoms in total. The predicted molar refractivity (Wildman–Crippen MR) is 86.3 cm³/mol. The molecule has 7 heteroatoms. The van der Waals surface area contributed by atoms with E-state index in [0.29, 0.717) is 11.1 Å². The molecule has 0 unspecified atom stereocenters. The van der Waals surface area contributed by atoms with Crippen molar-refractivity contribution >= 4 is 11.6 Å². The van der Waals surface area contributed by atoms with Crippen molar-refractivity contribution in [2.24, 2.45) is 0 Å². The number of nitrogens with zero attached hydrogens (tertiary/aromatic N) is 1. The summed E-state index contributed by atoms with van der Waals surface area (Å²) in [5, 5.41) is 13.6. The summed E-state index contributed by atoms with van der Waals surface area (Å²) < 4.78 is 18.6. The Hall–Kier alpha value is -2.96. The Morgan fingerprint density at radius 3 is 2.67 bits per heavy atom. The number of amides is 1. The van der Waals surface area contributed by atoms with Crippen molar-refractivity contribution in [1.29, 1.82) is 0 Å². The molecule has 126 valence electrons. The maximum absolute atomic E-state index is 13.4. The van der Waals surface area contributed by atoms with Crippen molar-refractivity contribution in [3.05, 3.63) is 69.0 Å². The maximum Gasteiger partial charge on any atom is 0.311 e. The van der Waals surface area contributed by atoms with Crippen LogP contribution in [-0.4, -0.2) is 17.4 Å². The van der Waals surface area contributed by atoms with E-state index in [-0.39, 0.29) is 30.4 Å². The second-order valence-corrected chi connectivity index (χ2v) is 5.38. The Balaban J connectivity index is 1.91. The van der Waals surface area contributed by atoms with Crippen LogP contribution in [0.3, 0.4) is 0 Å². The first-order chi connectivity index (χ1) is 11.4. The molecule has 0 aliphatic heterocycles. The van der Waals surface area contributed by atoms with Crippen molar-refractivity contribution in [1.82, 2.24) is 5.32 Å². The van der Waals surface area contributed by atoms with Gasteiger partial charge in [0.25, 0.3) is 5.91 Å². The van der Waals surface area contributed by atoms with Crippen molar-refractivity contribution in [2.75, 3.05) is 6.61 Å². The first kappa shape index (κ1) is 17.4. The van der Waals surface area contributed by atoms with E-state index >= 15 is 0 Å². The van der Waals surface area contributed by atoms with Crippen molar-refractivity contribution in [3.8, 4) is 5.75 Å². The van der Waals surface area contributed by atoms with Gasteiger partial charge >= 0.3 is 5.69 Å². The lowest BCUT2D eigenvalue weighted by Crippen LogP contribution is -2.28. The molecule has 0 saturated carbocycles. The quantitative estimate of drug-likeness (QED) is 0.651. The normalized spacial score (nSPS) is 10.3. The summed E-state index contributed by atoms with van der Waals surface area (Å²) in [5.74, 6) is -0.763. The number of hydrogen-bond acceptors (Lipinski definition) is 4. The SMILES string of the molecule is Cc1ccc(OCC(=O)NCc2ccc(C)c(F)c2)c([N+](=O)[O-])c1. The van der Waals surface area contributed by atoms with E-state index in [1.807, 2.05) is 0 Å². The number of carbonyl (C=O) groups excluding carboxylic acids is 1. The highest BCUT2D eigenvalue weighted by Gasteiger charge is 2.16. The molecule has 24 heavy (non-hydrogen) atoms. The van der Waals surface area contributed by atoms with E-state index in [1.165, 1.54) is 18.2 Å². The van der Waals surface area contributed by atoms with Crippen LogP contribution < -0.4 is 10.1 Å². The number of aryl methyl sites for hydroxylation is 2. The summed E-state index contributed by atoms with van der Waals surface area (Å²) in [4.78, 5) is 22.2. The minimum absolute atomic E-state index is 0.0298. The van der Waals surface area contributed by atoms with E-state index in [4.69, 9.17) is 4.74 Å². The molecule has 0 heterocycles. The molecule has 2 rings (SSSR count). The monoisotopic (exact) mass is 332 g/mol. The van der Waals surface area contributed by atoms with Gasteiger partial charge in [-0.15, -0.1) is 0 Å². The molecule has 0 atom stereocenters. The van der Waals surface area contributed by atoms with Crippen LogP contribution in [0.15, 0.2) is 36.4 Å². The van der Waals surface area contributed by atoms with Gasteiger partial charge in [0.2, 0.25) is 0 Å². The summed E-state index contributed by atoms with van der Waals surface area (Å²) in [6, 6.07) is 9.18. The number of benzene rings is 2. The lowest BCUT2D eigenvalue weighted by atomic mass is 10.1. The summed E-state index contributed by atoms with van der Waals surface area (Å²) in [6.07, 6.45) is 0. The van der Waals surface area contributed by atoms with Crippen molar-refractivity contribution in [3.63, 3.8) is 0 Å². The van der Waals surface area contributed by atoms with Crippen LogP contribution in [0.4, 0.5) is 10.1 Å². The van der Waals surface area contributed by atoms with E-state index in [2.05, 4.69) is 5.32 Å². The van der Waals surface area contributed by atoms with Gasteiger partial charge in [-0.05, 0) is 42.7 Å². The number of carbonyl (C=O) groups is 1. The van der Waals surface area contributed by atoms with Gasteiger partial charge in [-0.3, -0.25) is 14.9 Å². The summed E-state index contributed by atoms with van der Waals surface area (Å²) in [7, 11) is 0. The van der Waals surface area contributed by atoms with Gasteiger partial charge in [-0.25, -0.2) is 4.39 Å². The second-order valence-electron chi connectivity index (χ2n) is 5.38. The average molecular weight is 332 g/mol. The number of halogens is 1. The summed E-state index contributed by atoms with van der Waals surface area (Å²) in [5.41, 5.74) is 1.68. The molecule has 0 aliphatic rings. The van der Waals surface area contributed by atoms with Crippen LogP contribution in [0, 0.1) is 29.8 Å². The van der Waals surface area contributed by atoms with Gasteiger partial charge in [-0.2, -0.15) is 0 Å². The average Bonchev–Trinajstić information content (AvgIpc) is 2.54. The van der Waals surface area contributed by atoms with Crippen molar-refractivity contribution in [2.45, 2.75) is 20.4 Å². The Kier molecular flexibility index (Phi) is 5.47. The number of nitro benzene ring substituents is 1. The third-order valence-electron chi connectivity index (χ3n) is 3.40. The van der Waals surface area contributed by atoms with Crippen LogP contribution in [0.2, 0.25) is 0 Å². The Morgan fingerprint density at radius 1 is 1.25 bits per heavy atom. The first-order valence-electron chi connectivity index (χ1n) is 7.26. The zero-order valence-corrected chi connectivity index (χ0v) is 13.3. The number of ether oxygens (including phenoxy) is 1.